The number of hydrogen-bond donors (Lipinski definition) is 1. The number of hydrogen-bond acceptors (Lipinski definition) is 5. The Balaban J connectivity index is 1.84. The van der Waals surface area contributed by atoms with Gasteiger partial charge in [0, 0.05) is 11.1 Å². The molecule has 0 aliphatic carbocycles. The molecule has 0 fully saturated rings. The lowest BCUT2D eigenvalue weighted by Crippen LogP contribution is -2.02. The highest BCUT2D eigenvalue weighted by atomic mass is 16.5. The maximum Gasteiger partial charge on any atom is 0.349 e. The Kier molecular flexibility index (Phi) is 2.90. The number of benzene rings is 1. The minimum atomic E-state index is -0.501. The van der Waals surface area contributed by atoms with Gasteiger partial charge in [-0.1, -0.05) is 16.8 Å². The minimum absolute atomic E-state index is 0.143. The topological polar surface area (TPSA) is 84.9 Å². The van der Waals surface area contributed by atoms with Crippen LogP contribution in [0.2, 0.25) is 0 Å². The van der Waals surface area contributed by atoms with E-state index < -0.39 is 5.63 Å². The molecule has 1 N–H and O–H groups in total. The smallest absolute Gasteiger partial charge is 0.349 e. The van der Waals surface area contributed by atoms with E-state index in [1.165, 1.54) is 0 Å². The van der Waals surface area contributed by atoms with Crippen LogP contribution < -0.4 is 5.63 Å². The quantitative estimate of drug-likeness (QED) is 0.573. The summed E-state index contributed by atoms with van der Waals surface area (Å²) in [6.45, 7) is 3.91. The van der Waals surface area contributed by atoms with Crippen LogP contribution in [0.5, 0.6) is 0 Å². The summed E-state index contributed by atoms with van der Waals surface area (Å²) in [4.78, 5) is 19.6. The van der Waals surface area contributed by atoms with Crippen LogP contribution in [-0.2, 0) is 0 Å². The van der Waals surface area contributed by atoms with Crippen molar-refractivity contribution in [1.29, 1.82) is 0 Å². The first-order chi connectivity index (χ1) is 11.1. The fourth-order valence-corrected chi connectivity index (χ4v) is 2.47. The van der Waals surface area contributed by atoms with Crippen LogP contribution in [0.1, 0.15) is 11.3 Å². The van der Waals surface area contributed by atoms with Crippen molar-refractivity contribution in [3.05, 3.63) is 58.1 Å². The number of aryl methyl sites for hydroxylation is 2. The van der Waals surface area contributed by atoms with Crippen LogP contribution in [0, 0.1) is 13.8 Å². The summed E-state index contributed by atoms with van der Waals surface area (Å²) < 4.78 is 10.6. The predicted octanol–water partition coefficient (Wildman–Crippen LogP) is 3.45. The molecule has 0 spiro atoms. The van der Waals surface area contributed by atoms with Crippen molar-refractivity contribution in [1.82, 2.24) is 15.1 Å². The first-order valence-corrected chi connectivity index (χ1v) is 7.15. The third-order valence-electron chi connectivity index (χ3n) is 3.62. The molecule has 0 radical (unpaired) electrons. The van der Waals surface area contributed by atoms with Crippen LogP contribution in [0.4, 0.5) is 0 Å². The minimum Gasteiger partial charge on any atom is -0.422 e. The Morgan fingerprint density at radius 3 is 2.74 bits per heavy atom. The van der Waals surface area contributed by atoms with Gasteiger partial charge in [0.1, 0.15) is 11.1 Å². The van der Waals surface area contributed by atoms with E-state index in [-0.39, 0.29) is 11.5 Å². The molecule has 6 heteroatoms. The lowest BCUT2D eigenvalue weighted by molar-refractivity contribution is 0.429. The van der Waals surface area contributed by atoms with Gasteiger partial charge in [-0.05, 0) is 44.2 Å². The van der Waals surface area contributed by atoms with Gasteiger partial charge >= 0.3 is 5.63 Å². The average Bonchev–Trinajstić information content (AvgIpc) is 3.16. The maximum absolute atomic E-state index is 12.2. The molecule has 0 atom stereocenters. The number of fused-ring (bicyclic) bond motifs is 1. The van der Waals surface area contributed by atoms with Gasteiger partial charge in [0.2, 0.25) is 5.82 Å². The van der Waals surface area contributed by atoms with Crippen LogP contribution >= 0.6 is 0 Å². The van der Waals surface area contributed by atoms with Gasteiger partial charge in [-0.15, -0.1) is 0 Å². The molecule has 0 amide bonds. The Morgan fingerprint density at radius 1 is 1.09 bits per heavy atom. The van der Waals surface area contributed by atoms with Gasteiger partial charge < -0.3 is 13.9 Å². The monoisotopic (exact) mass is 307 g/mol. The number of nitrogens with zero attached hydrogens (tertiary/aromatic N) is 2. The van der Waals surface area contributed by atoms with E-state index in [4.69, 9.17) is 8.94 Å². The zero-order chi connectivity index (χ0) is 16.0. The Hall–Kier alpha value is -3.15. The molecule has 4 rings (SSSR count). The fraction of sp³-hybridized carbons (Fsp3) is 0.118. The highest BCUT2D eigenvalue weighted by molar-refractivity contribution is 5.81. The van der Waals surface area contributed by atoms with Crippen LogP contribution in [0.15, 0.2) is 50.1 Å². The van der Waals surface area contributed by atoms with Gasteiger partial charge in [-0.25, -0.2) is 4.79 Å². The van der Waals surface area contributed by atoms with E-state index in [0.717, 1.165) is 22.3 Å². The Morgan fingerprint density at radius 2 is 1.96 bits per heavy atom. The molecule has 3 aromatic heterocycles. The summed E-state index contributed by atoms with van der Waals surface area (Å²) in [5, 5.41) is 4.73. The third kappa shape index (κ3) is 2.34. The largest absolute Gasteiger partial charge is 0.422 e. The summed E-state index contributed by atoms with van der Waals surface area (Å²) in [6.07, 6.45) is 0. The van der Waals surface area contributed by atoms with E-state index in [2.05, 4.69) is 15.1 Å². The maximum atomic E-state index is 12.2. The zero-order valence-electron chi connectivity index (χ0n) is 12.6. The lowest BCUT2D eigenvalue weighted by Gasteiger charge is -1.99. The number of nitrogens with one attached hydrogen (secondary N) is 1. The number of aromatic amines is 1. The molecule has 0 saturated heterocycles. The highest BCUT2D eigenvalue weighted by Gasteiger charge is 2.16. The normalized spacial score (nSPS) is 11.2. The van der Waals surface area contributed by atoms with Crippen molar-refractivity contribution < 1.29 is 8.94 Å². The first-order valence-electron chi connectivity index (χ1n) is 7.15. The molecule has 0 bridgehead atoms. The summed E-state index contributed by atoms with van der Waals surface area (Å²) >= 11 is 0. The van der Waals surface area contributed by atoms with Gasteiger partial charge in [0.15, 0.2) is 0 Å². The van der Waals surface area contributed by atoms with Gasteiger partial charge in [-0.2, -0.15) is 4.98 Å². The van der Waals surface area contributed by atoms with E-state index in [1.54, 1.807) is 12.1 Å². The van der Waals surface area contributed by atoms with Gasteiger partial charge in [0.25, 0.3) is 5.89 Å². The van der Waals surface area contributed by atoms with Crippen LogP contribution in [-0.4, -0.2) is 15.1 Å². The van der Waals surface area contributed by atoms with E-state index >= 15 is 0 Å². The van der Waals surface area contributed by atoms with Crippen LogP contribution in [0.25, 0.3) is 33.9 Å². The first kappa shape index (κ1) is 13.5. The summed E-state index contributed by atoms with van der Waals surface area (Å²) in [6, 6.07) is 11.1. The highest BCUT2D eigenvalue weighted by Crippen LogP contribution is 2.23. The molecule has 1 aromatic carbocycles. The Bertz CT molecular complexity index is 1070. The Labute approximate surface area is 130 Å². The van der Waals surface area contributed by atoms with Crippen molar-refractivity contribution in [3.8, 4) is 23.0 Å². The van der Waals surface area contributed by atoms with E-state index in [9.17, 15) is 4.79 Å². The van der Waals surface area contributed by atoms with Gasteiger partial charge in [-0.3, -0.25) is 0 Å². The number of rotatable bonds is 2. The van der Waals surface area contributed by atoms with E-state index in [0.29, 0.717) is 11.4 Å². The average molecular weight is 307 g/mol. The fourth-order valence-electron chi connectivity index (χ4n) is 2.47. The van der Waals surface area contributed by atoms with Crippen molar-refractivity contribution in [2.75, 3.05) is 0 Å². The molecule has 114 valence electrons. The van der Waals surface area contributed by atoms with Crippen molar-refractivity contribution in [2.24, 2.45) is 0 Å². The summed E-state index contributed by atoms with van der Waals surface area (Å²) in [5.41, 5.74) is 3.09. The number of aromatic nitrogens is 3. The summed E-state index contributed by atoms with van der Waals surface area (Å²) in [7, 11) is 0. The standard InChI is InChI=1S/C17H13N3O3/c1-9-3-6-14-11(7-9)8-12(17(21)22-14)16-19-15(20-23-16)13-5-4-10(2)18-13/h3-8,18H,1-2H3. The molecule has 4 aromatic rings. The molecule has 0 aliphatic rings. The predicted molar refractivity (Wildman–Crippen MR) is 85.0 cm³/mol. The molecular formula is C17H13N3O3. The summed E-state index contributed by atoms with van der Waals surface area (Å²) in [5.74, 6) is 0.543. The second-order valence-electron chi connectivity index (χ2n) is 5.47. The molecule has 3 heterocycles. The van der Waals surface area contributed by atoms with Crippen molar-refractivity contribution >= 4 is 11.0 Å². The molecule has 0 aliphatic heterocycles. The molecule has 23 heavy (non-hydrogen) atoms. The van der Waals surface area contributed by atoms with Crippen molar-refractivity contribution in [3.63, 3.8) is 0 Å². The zero-order valence-corrected chi connectivity index (χ0v) is 12.6. The molecule has 6 nitrogen and oxygen atoms in total. The molecule has 0 saturated carbocycles. The second kappa shape index (κ2) is 4.95. The lowest BCUT2D eigenvalue weighted by atomic mass is 10.1. The van der Waals surface area contributed by atoms with E-state index in [1.807, 2.05) is 38.1 Å². The third-order valence-corrected chi connectivity index (χ3v) is 3.62. The second-order valence-corrected chi connectivity index (χ2v) is 5.47. The van der Waals surface area contributed by atoms with Crippen LogP contribution in [0.3, 0.4) is 0 Å². The SMILES string of the molecule is Cc1ccc2oc(=O)c(-c3nc(-c4ccc(C)[nH]4)no3)cc2c1. The number of H-pyrrole nitrogens is 1. The van der Waals surface area contributed by atoms with Crippen molar-refractivity contribution in [2.45, 2.75) is 13.8 Å². The molecular weight excluding hydrogens is 294 g/mol. The molecule has 0 unspecified atom stereocenters. The van der Waals surface area contributed by atoms with Gasteiger partial charge in [0.05, 0.1) is 5.69 Å².